The fraction of sp³-hybridized carbons (Fsp3) is 0. The molecule has 0 N–H and O–H groups in total. The molecule has 5 aromatic heterocycles. The van der Waals surface area contributed by atoms with Crippen molar-refractivity contribution in [2.75, 3.05) is 0 Å². The molecule has 0 unspecified atom stereocenters. The van der Waals surface area contributed by atoms with Crippen LogP contribution in [0.3, 0.4) is 0 Å². The summed E-state index contributed by atoms with van der Waals surface area (Å²) in [6, 6.07) is 55.4. The molecule has 4 nitrogen and oxygen atoms in total. The number of fused-ring (bicyclic) bond motifs is 15. The van der Waals surface area contributed by atoms with Gasteiger partial charge in [-0.3, -0.25) is 4.57 Å². The Labute approximate surface area is 279 Å². The van der Waals surface area contributed by atoms with Crippen LogP contribution < -0.4 is 0 Å². The summed E-state index contributed by atoms with van der Waals surface area (Å²) >= 11 is 0. The molecule has 5 heterocycles. The van der Waals surface area contributed by atoms with E-state index in [9.17, 15) is 0 Å². The van der Waals surface area contributed by atoms with Crippen LogP contribution in [0, 0.1) is 0 Å². The maximum atomic E-state index is 4.87. The highest BCUT2D eigenvalue weighted by Crippen LogP contribution is 2.48. The SMILES string of the molecule is c1ccc(-n2c3cc(-n4c5ccccc5c5c6c7ccc8ccccc8c7n7c8ccccc8c(cc54)c67)ccc3c3cccnc32)cc1. The first-order valence-electron chi connectivity index (χ1n) is 16.8. The van der Waals surface area contributed by atoms with Crippen LogP contribution in [0.2, 0.25) is 0 Å². The number of hydrogen-bond donors (Lipinski definition) is 0. The van der Waals surface area contributed by atoms with E-state index in [2.05, 4.69) is 159 Å². The summed E-state index contributed by atoms with van der Waals surface area (Å²) in [5.41, 5.74) is 10.6. The van der Waals surface area contributed by atoms with Gasteiger partial charge in [-0.15, -0.1) is 0 Å². The maximum absolute atomic E-state index is 4.87. The van der Waals surface area contributed by atoms with Crippen molar-refractivity contribution in [3.05, 3.63) is 158 Å². The molecule has 0 aliphatic carbocycles. The Morgan fingerprint density at radius 3 is 1.98 bits per heavy atom. The molecule has 0 aliphatic heterocycles. The van der Waals surface area contributed by atoms with E-state index in [0.717, 1.165) is 27.9 Å². The molecule has 0 amide bonds. The highest BCUT2D eigenvalue weighted by molar-refractivity contribution is 6.37. The van der Waals surface area contributed by atoms with Crippen molar-refractivity contribution in [1.82, 2.24) is 18.5 Å². The molecule has 7 aromatic carbocycles. The van der Waals surface area contributed by atoms with Gasteiger partial charge in [0.1, 0.15) is 5.65 Å². The van der Waals surface area contributed by atoms with Gasteiger partial charge in [0.25, 0.3) is 0 Å². The summed E-state index contributed by atoms with van der Waals surface area (Å²) in [6.07, 6.45) is 1.89. The fourth-order valence-electron chi connectivity index (χ4n) is 8.85. The quantitative estimate of drug-likeness (QED) is 0.188. The highest BCUT2D eigenvalue weighted by atomic mass is 15.1. The van der Waals surface area contributed by atoms with Gasteiger partial charge in [0, 0.05) is 66.0 Å². The van der Waals surface area contributed by atoms with Crippen LogP contribution in [-0.2, 0) is 0 Å². The van der Waals surface area contributed by atoms with E-state index in [-0.39, 0.29) is 0 Å². The van der Waals surface area contributed by atoms with Gasteiger partial charge >= 0.3 is 0 Å². The number of hydrogen-bond acceptors (Lipinski definition) is 1. The molecule has 12 rings (SSSR count). The third-order valence-corrected chi connectivity index (χ3v) is 10.8. The fourth-order valence-corrected chi connectivity index (χ4v) is 8.85. The van der Waals surface area contributed by atoms with E-state index in [0.29, 0.717) is 0 Å². The summed E-state index contributed by atoms with van der Waals surface area (Å²) in [5.74, 6) is 0. The van der Waals surface area contributed by atoms with Crippen molar-refractivity contribution in [3.8, 4) is 11.4 Å². The Morgan fingerprint density at radius 1 is 0.367 bits per heavy atom. The average molecular weight is 623 g/mol. The van der Waals surface area contributed by atoms with Gasteiger partial charge in [-0.1, -0.05) is 97.1 Å². The molecular weight excluding hydrogens is 597 g/mol. The molecule has 0 saturated carbocycles. The highest BCUT2D eigenvalue weighted by Gasteiger charge is 2.25. The average Bonchev–Trinajstić information content (AvgIpc) is 3.88. The molecular formula is C45H26N4. The van der Waals surface area contributed by atoms with Crippen LogP contribution in [0.15, 0.2) is 158 Å². The lowest BCUT2D eigenvalue weighted by molar-refractivity contribution is 1.13. The van der Waals surface area contributed by atoms with E-state index < -0.39 is 0 Å². The van der Waals surface area contributed by atoms with Gasteiger partial charge in [0.05, 0.1) is 33.1 Å². The molecule has 12 aromatic rings. The number of pyridine rings is 1. The number of para-hydroxylation sites is 3. The minimum absolute atomic E-state index is 0.967. The van der Waals surface area contributed by atoms with Crippen LogP contribution in [0.5, 0.6) is 0 Å². The topological polar surface area (TPSA) is 27.2 Å². The molecule has 49 heavy (non-hydrogen) atoms. The predicted octanol–water partition coefficient (Wildman–Crippen LogP) is 11.6. The van der Waals surface area contributed by atoms with Gasteiger partial charge in [0.15, 0.2) is 0 Å². The smallest absolute Gasteiger partial charge is 0.145 e. The second-order valence-electron chi connectivity index (χ2n) is 13.2. The summed E-state index contributed by atoms with van der Waals surface area (Å²) in [4.78, 5) is 4.87. The predicted molar refractivity (Wildman–Crippen MR) is 205 cm³/mol. The zero-order chi connectivity index (χ0) is 31.8. The minimum atomic E-state index is 0.967. The zero-order valence-corrected chi connectivity index (χ0v) is 26.3. The van der Waals surface area contributed by atoms with E-state index >= 15 is 0 Å². The molecule has 0 atom stereocenters. The molecule has 0 fully saturated rings. The van der Waals surface area contributed by atoms with Crippen LogP contribution in [0.4, 0.5) is 0 Å². The standard InChI is InChI=1S/C45H26N4/c1-2-12-28(13-3-1)48-39-25-29(21-23-32(39)33-17-10-24-46-45(33)48)47-38-19-9-7-16-34(38)41-40(47)26-36-31-15-6-8-18-37(31)49-43-30-14-5-4-11-27(30)20-22-35(43)42(41)44(36)49/h1-26H. The normalized spacial score (nSPS) is 12.5. The summed E-state index contributed by atoms with van der Waals surface area (Å²) in [7, 11) is 0. The monoisotopic (exact) mass is 622 g/mol. The summed E-state index contributed by atoms with van der Waals surface area (Å²) in [6.45, 7) is 0. The third kappa shape index (κ3) is 3.12. The molecule has 0 radical (unpaired) electrons. The molecule has 0 saturated heterocycles. The second kappa shape index (κ2) is 9.03. The zero-order valence-electron chi connectivity index (χ0n) is 26.3. The van der Waals surface area contributed by atoms with Crippen molar-refractivity contribution < 1.29 is 0 Å². The Morgan fingerprint density at radius 2 is 1.08 bits per heavy atom. The van der Waals surface area contributed by atoms with Crippen molar-refractivity contribution in [1.29, 1.82) is 0 Å². The lowest BCUT2D eigenvalue weighted by atomic mass is 10.00. The maximum Gasteiger partial charge on any atom is 0.145 e. The number of benzene rings is 7. The lowest BCUT2D eigenvalue weighted by Gasteiger charge is -2.11. The van der Waals surface area contributed by atoms with Crippen LogP contribution in [0.1, 0.15) is 0 Å². The van der Waals surface area contributed by atoms with Gasteiger partial charge in [-0.2, -0.15) is 0 Å². The number of nitrogens with zero attached hydrogens (tertiary/aromatic N) is 4. The molecule has 0 spiro atoms. The van der Waals surface area contributed by atoms with Gasteiger partial charge in [-0.25, -0.2) is 4.98 Å². The van der Waals surface area contributed by atoms with E-state index in [4.69, 9.17) is 4.98 Å². The molecule has 0 bridgehead atoms. The van der Waals surface area contributed by atoms with E-state index in [1.54, 1.807) is 0 Å². The van der Waals surface area contributed by atoms with Crippen LogP contribution in [0.25, 0.3) is 104 Å². The van der Waals surface area contributed by atoms with Crippen LogP contribution >= 0.6 is 0 Å². The van der Waals surface area contributed by atoms with E-state index in [1.165, 1.54) is 76.1 Å². The van der Waals surface area contributed by atoms with Crippen molar-refractivity contribution in [3.63, 3.8) is 0 Å². The second-order valence-corrected chi connectivity index (χ2v) is 13.2. The van der Waals surface area contributed by atoms with Gasteiger partial charge in [0.2, 0.25) is 0 Å². The Kier molecular flexibility index (Phi) is 4.69. The largest absolute Gasteiger partial charge is 0.309 e. The first-order valence-corrected chi connectivity index (χ1v) is 16.8. The molecule has 0 aliphatic rings. The first-order chi connectivity index (χ1) is 24.3. The molecule has 226 valence electrons. The Bertz CT molecular complexity index is 3320. The summed E-state index contributed by atoms with van der Waals surface area (Å²) in [5, 5.41) is 12.6. The van der Waals surface area contributed by atoms with Gasteiger partial charge in [-0.05, 0) is 60.0 Å². The minimum Gasteiger partial charge on any atom is -0.309 e. The van der Waals surface area contributed by atoms with Crippen molar-refractivity contribution >= 4 is 92.6 Å². The Balaban J connectivity index is 1.29. The van der Waals surface area contributed by atoms with Crippen LogP contribution in [-0.4, -0.2) is 18.5 Å². The van der Waals surface area contributed by atoms with Crippen molar-refractivity contribution in [2.45, 2.75) is 0 Å². The van der Waals surface area contributed by atoms with E-state index in [1.807, 2.05) is 12.3 Å². The number of rotatable bonds is 2. The Hall–Kier alpha value is -6.65. The molecule has 4 heteroatoms. The first kappa shape index (κ1) is 25.4. The number of aromatic nitrogens is 4. The third-order valence-electron chi connectivity index (χ3n) is 10.8. The van der Waals surface area contributed by atoms with Gasteiger partial charge < -0.3 is 8.97 Å². The summed E-state index contributed by atoms with van der Waals surface area (Å²) < 4.78 is 7.31. The van der Waals surface area contributed by atoms with Crippen molar-refractivity contribution in [2.24, 2.45) is 0 Å². The lowest BCUT2D eigenvalue weighted by Crippen LogP contribution is -1.97.